The summed E-state index contributed by atoms with van der Waals surface area (Å²) >= 11 is 3.37. The number of benzene rings is 2. The Morgan fingerprint density at radius 3 is 2.55 bits per heavy atom. The van der Waals surface area contributed by atoms with Crippen molar-refractivity contribution >= 4 is 34.4 Å². The monoisotopic (exact) mass is 510 g/mol. The van der Waals surface area contributed by atoms with E-state index >= 15 is 0 Å². The summed E-state index contributed by atoms with van der Waals surface area (Å²) in [4.78, 5) is 14.2. The van der Waals surface area contributed by atoms with Gasteiger partial charge >= 0.3 is 6.09 Å². The van der Waals surface area contributed by atoms with Crippen LogP contribution in [-0.2, 0) is 11.2 Å². The van der Waals surface area contributed by atoms with Crippen molar-refractivity contribution in [1.29, 1.82) is 0 Å². The summed E-state index contributed by atoms with van der Waals surface area (Å²) in [5, 5.41) is 10.6. The highest BCUT2D eigenvalue weighted by Gasteiger charge is 2.36. The van der Waals surface area contributed by atoms with Crippen LogP contribution >= 0.6 is 28.3 Å². The van der Waals surface area contributed by atoms with Crippen LogP contribution in [0.3, 0.4) is 0 Å². The molecule has 0 radical (unpaired) electrons. The molecule has 0 spiro atoms. The number of aromatic hydroxyl groups is 1. The van der Waals surface area contributed by atoms with E-state index in [0.717, 1.165) is 34.0 Å². The Kier molecular flexibility index (Phi) is 7.86. The molecule has 0 aromatic heterocycles. The number of phenols is 1. The zero-order valence-corrected chi connectivity index (χ0v) is 19.8. The second kappa shape index (κ2) is 10.2. The molecule has 168 valence electrons. The number of likely N-dealkylation sites (tertiary alicyclic amines) is 1. The molecule has 8 heteroatoms. The van der Waals surface area contributed by atoms with E-state index in [9.17, 15) is 9.90 Å². The molecule has 2 aromatic rings. The summed E-state index contributed by atoms with van der Waals surface area (Å²) in [6.45, 7) is 3.54. The fraction of sp³-hybridized carbons (Fsp3) is 0.435. The van der Waals surface area contributed by atoms with Crippen molar-refractivity contribution in [2.24, 2.45) is 11.7 Å². The number of rotatable bonds is 3. The lowest BCUT2D eigenvalue weighted by atomic mass is 9.83. The summed E-state index contributed by atoms with van der Waals surface area (Å²) in [6, 6.07) is 11.2. The normalized spacial score (nSPS) is 21.2. The highest BCUT2D eigenvalue weighted by molar-refractivity contribution is 9.10. The van der Waals surface area contributed by atoms with Crippen LogP contribution in [0.15, 0.2) is 40.9 Å². The van der Waals surface area contributed by atoms with Gasteiger partial charge in [-0.2, -0.15) is 0 Å². The lowest BCUT2D eigenvalue weighted by molar-refractivity contribution is -0.0633. The average molecular weight is 512 g/mol. The van der Waals surface area contributed by atoms with Crippen LogP contribution < -0.4 is 10.5 Å². The molecule has 0 aliphatic carbocycles. The number of halogens is 2. The Morgan fingerprint density at radius 2 is 1.90 bits per heavy atom. The molecule has 31 heavy (non-hydrogen) atoms. The number of carbonyl (C=O) groups excluding carboxylic acids is 1. The fourth-order valence-electron chi connectivity index (χ4n) is 4.40. The van der Waals surface area contributed by atoms with Crippen LogP contribution in [-0.4, -0.2) is 41.8 Å². The maximum absolute atomic E-state index is 12.5. The van der Waals surface area contributed by atoms with Gasteiger partial charge in [0.2, 0.25) is 0 Å². The van der Waals surface area contributed by atoms with Gasteiger partial charge in [-0.25, -0.2) is 4.79 Å². The van der Waals surface area contributed by atoms with Crippen LogP contribution in [0, 0.1) is 12.8 Å². The maximum Gasteiger partial charge on any atom is 0.415 e. The lowest BCUT2D eigenvalue weighted by Gasteiger charge is -2.40. The van der Waals surface area contributed by atoms with Gasteiger partial charge in [0.05, 0.1) is 12.2 Å². The first-order chi connectivity index (χ1) is 14.5. The predicted octanol–water partition coefficient (Wildman–Crippen LogP) is 4.74. The standard InChI is InChI=1S/C23H27BrN2O4.ClH/c1-14-2-7-18-19(22(14)27)12-20(30-21(18)13-25)15-8-10-26(11-9-15)23(28)29-17-5-3-16(24)4-6-17;/h2-7,15,20-21,27H,8-13,25H2,1H3;1H/t20-,21-;/m0./s1. The number of fused-ring (bicyclic) bond motifs is 1. The molecule has 2 aliphatic heterocycles. The van der Waals surface area contributed by atoms with E-state index in [-0.39, 0.29) is 30.7 Å². The minimum atomic E-state index is -0.321. The Balaban J connectivity index is 0.00000272. The molecule has 2 aromatic carbocycles. The molecule has 3 N–H and O–H groups in total. The zero-order valence-electron chi connectivity index (χ0n) is 17.4. The number of ether oxygens (including phenoxy) is 2. The number of amides is 1. The number of nitrogens with zero attached hydrogens (tertiary/aromatic N) is 1. The van der Waals surface area contributed by atoms with Gasteiger partial charge in [-0.05, 0) is 61.1 Å². The number of phenolic OH excluding ortho intramolecular Hbond substituents is 1. The average Bonchev–Trinajstić information content (AvgIpc) is 2.77. The van der Waals surface area contributed by atoms with Gasteiger partial charge in [0, 0.05) is 36.1 Å². The molecule has 0 bridgehead atoms. The van der Waals surface area contributed by atoms with Gasteiger partial charge in [-0.1, -0.05) is 28.1 Å². The number of hydrogen-bond acceptors (Lipinski definition) is 5. The minimum absolute atomic E-state index is 0. The molecular weight excluding hydrogens is 484 g/mol. The zero-order chi connectivity index (χ0) is 21.3. The minimum Gasteiger partial charge on any atom is -0.507 e. The molecule has 1 saturated heterocycles. The Morgan fingerprint density at radius 1 is 1.23 bits per heavy atom. The van der Waals surface area contributed by atoms with Crippen LogP contribution in [0.1, 0.15) is 35.6 Å². The second-order valence-corrected chi connectivity index (χ2v) is 8.96. The van der Waals surface area contributed by atoms with Gasteiger partial charge in [0.1, 0.15) is 11.5 Å². The number of carbonyl (C=O) groups is 1. The SMILES string of the molecule is Cc1ccc2c(c1O)C[C@@H](C1CCN(C(=O)Oc3ccc(Br)cc3)CC1)O[C@H]2CN.Cl. The third-order valence-corrected chi connectivity index (χ3v) is 6.70. The van der Waals surface area contributed by atoms with Crippen molar-refractivity contribution in [1.82, 2.24) is 4.90 Å². The highest BCUT2D eigenvalue weighted by atomic mass is 79.9. The van der Waals surface area contributed by atoms with Crippen molar-refractivity contribution in [2.45, 2.75) is 38.4 Å². The van der Waals surface area contributed by atoms with E-state index < -0.39 is 0 Å². The van der Waals surface area contributed by atoms with Crippen molar-refractivity contribution < 1.29 is 19.4 Å². The quantitative estimate of drug-likeness (QED) is 0.622. The first-order valence-electron chi connectivity index (χ1n) is 10.4. The van der Waals surface area contributed by atoms with E-state index in [1.807, 2.05) is 31.2 Å². The summed E-state index contributed by atoms with van der Waals surface area (Å²) < 4.78 is 12.7. The van der Waals surface area contributed by atoms with E-state index in [0.29, 0.717) is 43.5 Å². The Labute approximate surface area is 197 Å². The van der Waals surface area contributed by atoms with Crippen LogP contribution in [0.2, 0.25) is 0 Å². The topological polar surface area (TPSA) is 85.0 Å². The first kappa shape index (κ1) is 23.9. The van der Waals surface area contributed by atoms with Gasteiger partial charge in [-0.15, -0.1) is 12.4 Å². The van der Waals surface area contributed by atoms with Crippen molar-refractivity contribution in [2.75, 3.05) is 19.6 Å². The van der Waals surface area contributed by atoms with Gasteiger partial charge in [0.25, 0.3) is 0 Å². The van der Waals surface area contributed by atoms with Crippen LogP contribution in [0.25, 0.3) is 0 Å². The number of aryl methyl sites for hydroxylation is 1. The smallest absolute Gasteiger partial charge is 0.415 e. The third kappa shape index (κ3) is 5.17. The van der Waals surface area contributed by atoms with E-state index in [2.05, 4.69) is 15.9 Å². The molecule has 0 saturated carbocycles. The molecule has 0 unspecified atom stereocenters. The van der Waals surface area contributed by atoms with Gasteiger partial charge in [0.15, 0.2) is 0 Å². The Hall–Kier alpha value is -1.80. The highest BCUT2D eigenvalue weighted by Crippen LogP contribution is 2.40. The summed E-state index contributed by atoms with van der Waals surface area (Å²) in [7, 11) is 0. The first-order valence-corrected chi connectivity index (χ1v) is 11.1. The summed E-state index contributed by atoms with van der Waals surface area (Å²) in [5.41, 5.74) is 8.78. The molecule has 2 atom stereocenters. The maximum atomic E-state index is 12.5. The summed E-state index contributed by atoms with van der Waals surface area (Å²) in [6.07, 6.45) is 1.80. The van der Waals surface area contributed by atoms with Gasteiger partial charge < -0.3 is 25.2 Å². The van der Waals surface area contributed by atoms with Crippen molar-refractivity contribution in [3.8, 4) is 11.5 Å². The summed E-state index contributed by atoms with van der Waals surface area (Å²) in [5.74, 6) is 1.20. The molecule has 6 nitrogen and oxygen atoms in total. The van der Waals surface area contributed by atoms with E-state index in [1.54, 1.807) is 17.0 Å². The molecular formula is C23H28BrClN2O4. The number of piperidine rings is 1. The largest absolute Gasteiger partial charge is 0.507 e. The van der Waals surface area contributed by atoms with Crippen LogP contribution in [0.4, 0.5) is 4.79 Å². The fourth-order valence-corrected chi connectivity index (χ4v) is 4.67. The van der Waals surface area contributed by atoms with E-state index in [1.165, 1.54) is 0 Å². The molecule has 2 heterocycles. The predicted molar refractivity (Wildman–Crippen MR) is 125 cm³/mol. The molecule has 2 aliphatic rings. The van der Waals surface area contributed by atoms with Crippen LogP contribution in [0.5, 0.6) is 11.5 Å². The number of hydrogen-bond donors (Lipinski definition) is 2. The third-order valence-electron chi connectivity index (χ3n) is 6.17. The van der Waals surface area contributed by atoms with Crippen molar-refractivity contribution in [3.63, 3.8) is 0 Å². The number of nitrogens with two attached hydrogens (primary N) is 1. The molecule has 4 rings (SSSR count). The van der Waals surface area contributed by atoms with E-state index in [4.69, 9.17) is 15.2 Å². The molecule has 1 fully saturated rings. The lowest BCUT2D eigenvalue weighted by Crippen LogP contribution is -2.45. The van der Waals surface area contributed by atoms with Crippen molar-refractivity contribution in [3.05, 3.63) is 57.6 Å². The Bertz CT molecular complexity index is 917. The van der Waals surface area contributed by atoms with Gasteiger partial charge in [-0.3, -0.25) is 0 Å². The molecule has 1 amide bonds. The second-order valence-electron chi connectivity index (χ2n) is 8.05.